The SMILES string of the molecule is CNC(=O)CN1C[C@@H](NC(=O)c2cc(C(C)C)oc2C)[C@H](C(C)C)C1. The van der Waals surface area contributed by atoms with Crippen molar-refractivity contribution in [2.24, 2.45) is 11.8 Å². The van der Waals surface area contributed by atoms with Gasteiger partial charge in [0.25, 0.3) is 5.91 Å². The summed E-state index contributed by atoms with van der Waals surface area (Å²) in [6, 6.07) is 1.88. The highest BCUT2D eigenvalue weighted by atomic mass is 16.3. The van der Waals surface area contributed by atoms with E-state index in [0.717, 1.165) is 12.3 Å². The molecule has 2 rings (SSSR count). The highest BCUT2D eigenvalue weighted by Gasteiger charge is 2.36. The fourth-order valence-corrected chi connectivity index (χ4v) is 3.41. The van der Waals surface area contributed by atoms with Crippen LogP contribution in [0.15, 0.2) is 10.5 Å². The second kappa shape index (κ2) is 8.04. The van der Waals surface area contributed by atoms with Crippen LogP contribution in [0, 0.1) is 18.8 Å². The maximum absolute atomic E-state index is 12.7. The molecule has 0 aliphatic carbocycles. The van der Waals surface area contributed by atoms with E-state index < -0.39 is 0 Å². The molecule has 2 N–H and O–H groups in total. The monoisotopic (exact) mass is 349 g/mol. The molecule has 6 heteroatoms. The zero-order valence-electron chi connectivity index (χ0n) is 16.2. The van der Waals surface area contributed by atoms with Gasteiger partial charge in [0.05, 0.1) is 12.1 Å². The zero-order chi connectivity index (χ0) is 18.7. The number of likely N-dealkylation sites (N-methyl/N-ethyl adjacent to an activating group) is 1. The summed E-state index contributed by atoms with van der Waals surface area (Å²) in [5.41, 5.74) is 0.607. The number of nitrogens with one attached hydrogen (secondary N) is 2. The third-order valence-electron chi connectivity index (χ3n) is 5.01. The maximum Gasteiger partial charge on any atom is 0.255 e. The summed E-state index contributed by atoms with van der Waals surface area (Å²) in [5.74, 6) is 2.39. The summed E-state index contributed by atoms with van der Waals surface area (Å²) < 4.78 is 5.70. The minimum Gasteiger partial charge on any atom is -0.465 e. The molecule has 0 saturated carbocycles. The Bertz CT molecular complexity index is 621. The van der Waals surface area contributed by atoms with Gasteiger partial charge >= 0.3 is 0 Å². The fourth-order valence-electron chi connectivity index (χ4n) is 3.41. The topological polar surface area (TPSA) is 74.6 Å². The minimum atomic E-state index is -0.0920. The van der Waals surface area contributed by atoms with Crippen molar-refractivity contribution in [3.63, 3.8) is 0 Å². The lowest BCUT2D eigenvalue weighted by Gasteiger charge is -2.22. The van der Waals surface area contributed by atoms with Crippen LogP contribution < -0.4 is 10.6 Å². The first kappa shape index (κ1) is 19.5. The Morgan fingerprint density at radius 2 is 1.96 bits per heavy atom. The lowest BCUT2D eigenvalue weighted by Crippen LogP contribution is -2.42. The molecule has 1 fully saturated rings. The van der Waals surface area contributed by atoms with Crippen molar-refractivity contribution < 1.29 is 14.0 Å². The quantitative estimate of drug-likeness (QED) is 0.825. The summed E-state index contributed by atoms with van der Waals surface area (Å²) in [5, 5.41) is 5.83. The maximum atomic E-state index is 12.7. The smallest absolute Gasteiger partial charge is 0.255 e. The van der Waals surface area contributed by atoms with Crippen molar-refractivity contribution in [2.45, 2.75) is 46.6 Å². The first-order chi connectivity index (χ1) is 11.7. The van der Waals surface area contributed by atoms with Gasteiger partial charge in [0.15, 0.2) is 0 Å². The van der Waals surface area contributed by atoms with Crippen molar-refractivity contribution in [1.29, 1.82) is 0 Å². The van der Waals surface area contributed by atoms with Crippen molar-refractivity contribution in [3.8, 4) is 0 Å². The number of hydrogen-bond donors (Lipinski definition) is 2. The number of rotatable bonds is 6. The highest BCUT2D eigenvalue weighted by Crippen LogP contribution is 2.26. The van der Waals surface area contributed by atoms with E-state index in [1.807, 2.05) is 26.8 Å². The van der Waals surface area contributed by atoms with E-state index in [1.165, 1.54) is 0 Å². The zero-order valence-corrected chi connectivity index (χ0v) is 16.2. The molecule has 25 heavy (non-hydrogen) atoms. The second-order valence-corrected chi connectivity index (χ2v) is 7.63. The molecule has 0 radical (unpaired) electrons. The molecule has 1 saturated heterocycles. The van der Waals surface area contributed by atoms with Crippen LogP contribution in [0.4, 0.5) is 0 Å². The van der Waals surface area contributed by atoms with Crippen molar-refractivity contribution in [3.05, 3.63) is 23.2 Å². The lowest BCUT2D eigenvalue weighted by atomic mass is 9.91. The van der Waals surface area contributed by atoms with Crippen LogP contribution in [0.2, 0.25) is 0 Å². The summed E-state index contributed by atoms with van der Waals surface area (Å²) in [7, 11) is 1.64. The third kappa shape index (κ3) is 4.63. The third-order valence-corrected chi connectivity index (χ3v) is 5.01. The standard InChI is InChI=1S/C19H31N3O3/c1-11(2)15-8-22(10-18(23)20-6)9-16(15)21-19(24)14-7-17(12(3)4)25-13(14)5/h7,11-12,15-16H,8-10H2,1-6H3,(H,20,23)(H,21,24)/t15-,16+/m0/s1. The predicted octanol–water partition coefficient (Wildman–Crippen LogP) is 2.14. The number of amides is 2. The number of aryl methyl sites for hydroxylation is 1. The molecule has 0 unspecified atom stereocenters. The molecule has 2 atom stereocenters. The number of furan rings is 1. The Kier molecular flexibility index (Phi) is 6.27. The Hall–Kier alpha value is -1.82. The largest absolute Gasteiger partial charge is 0.465 e. The van der Waals surface area contributed by atoms with Gasteiger partial charge < -0.3 is 15.1 Å². The Labute approximate surface area is 150 Å². The molecule has 1 aliphatic rings. The normalized spacial score (nSPS) is 21.1. The summed E-state index contributed by atoms with van der Waals surface area (Å²) >= 11 is 0. The molecule has 2 heterocycles. The van der Waals surface area contributed by atoms with Gasteiger partial charge in [-0.3, -0.25) is 14.5 Å². The Morgan fingerprint density at radius 1 is 1.28 bits per heavy atom. The van der Waals surface area contributed by atoms with Crippen molar-refractivity contribution in [1.82, 2.24) is 15.5 Å². The molecule has 0 aromatic carbocycles. The van der Waals surface area contributed by atoms with Gasteiger partial charge in [-0.1, -0.05) is 27.7 Å². The van der Waals surface area contributed by atoms with Gasteiger partial charge in [-0.15, -0.1) is 0 Å². The van der Waals surface area contributed by atoms with Gasteiger partial charge in [-0.05, 0) is 24.8 Å². The van der Waals surface area contributed by atoms with E-state index in [9.17, 15) is 9.59 Å². The van der Waals surface area contributed by atoms with Crippen LogP contribution in [0.1, 0.15) is 55.5 Å². The van der Waals surface area contributed by atoms with Crippen LogP contribution in [-0.4, -0.2) is 49.4 Å². The molecule has 1 aromatic heterocycles. The first-order valence-electron chi connectivity index (χ1n) is 9.07. The summed E-state index contributed by atoms with van der Waals surface area (Å²) in [4.78, 5) is 26.5. The van der Waals surface area contributed by atoms with Crippen LogP contribution in [0.25, 0.3) is 0 Å². The predicted molar refractivity (Wildman–Crippen MR) is 97.6 cm³/mol. The average Bonchev–Trinajstić information content (AvgIpc) is 3.11. The minimum absolute atomic E-state index is 0.00161. The van der Waals surface area contributed by atoms with Gasteiger partial charge in [0, 0.05) is 32.1 Å². The number of nitrogens with zero attached hydrogens (tertiary/aromatic N) is 1. The molecule has 0 spiro atoms. The molecular weight excluding hydrogens is 318 g/mol. The average molecular weight is 349 g/mol. The molecule has 1 aromatic rings. The Morgan fingerprint density at radius 3 is 2.48 bits per heavy atom. The molecule has 6 nitrogen and oxygen atoms in total. The van der Waals surface area contributed by atoms with E-state index in [4.69, 9.17) is 4.42 Å². The van der Waals surface area contributed by atoms with Gasteiger partial charge in [0.1, 0.15) is 11.5 Å². The van der Waals surface area contributed by atoms with Crippen molar-refractivity contribution >= 4 is 11.8 Å². The Balaban J connectivity index is 2.08. The van der Waals surface area contributed by atoms with E-state index in [1.54, 1.807) is 7.05 Å². The fraction of sp³-hybridized carbons (Fsp3) is 0.684. The number of carbonyl (C=O) groups excluding carboxylic acids is 2. The van der Waals surface area contributed by atoms with E-state index in [2.05, 4.69) is 29.4 Å². The lowest BCUT2D eigenvalue weighted by molar-refractivity contribution is -0.121. The van der Waals surface area contributed by atoms with Gasteiger partial charge in [-0.2, -0.15) is 0 Å². The van der Waals surface area contributed by atoms with Gasteiger partial charge in [0.2, 0.25) is 5.91 Å². The van der Waals surface area contributed by atoms with E-state index >= 15 is 0 Å². The first-order valence-corrected chi connectivity index (χ1v) is 9.07. The number of likely N-dealkylation sites (tertiary alicyclic amines) is 1. The van der Waals surface area contributed by atoms with Crippen molar-refractivity contribution in [2.75, 3.05) is 26.7 Å². The van der Waals surface area contributed by atoms with Crippen LogP contribution in [0.5, 0.6) is 0 Å². The molecule has 140 valence electrons. The second-order valence-electron chi connectivity index (χ2n) is 7.63. The summed E-state index contributed by atoms with van der Waals surface area (Å²) in [6.45, 7) is 12.1. The van der Waals surface area contributed by atoms with Crippen LogP contribution in [-0.2, 0) is 4.79 Å². The number of hydrogen-bond acceptors (Lipinski definition) is 4. The van der Waals surface area contributed by atoms with Crippen LogP contribution >= 0.6 is 0 Å². The summed E-state index contributed by atoms with van der Waals surface area (Å²) in [6.07, 6.45) is 0. The molecule has 0 bridgehead atoms. The molecular formula is C19H31N3O3. The van der Waals surface area contributed by atoms with E-state index in [-0.39, 0.29) is 23.8 Å². The van der Waals surface area contributed by atoms with Crippen LogP contribution in [0.3, 0.4) is 0 Å². The van der Waals surface area contributed by atoms with E-state index in [0.29, 0.717) is 36.2 Å². The molecule has 2 amide bonds. The number of carbonyl (C=O) groups is 2. The molecule has 1 aliphatic heterocycles. The highest BCUT2D eigenvalue weighted by molar-refractivity contribution is 5.95. The van der Waals surface area contributed by atoms with Gasteiger partial charge in [-0.25, -0.2) is 0 Å².